The zero-order valence-corrected chi connectivity index (χ0v) is 9.69. The van der Waals surface area contributed by atoms with Crippen LogP contribution in [0.25, 0.3) is 0 Å². The molecule has 0 saturated carbocycles. The van der Waals surface area contributed by atoms with Crippen LogP contribution in [0.3, 0.4) is 0 Å². The maximum Gasteiger partial charge on any atom is 0.192 e. The highest BCUT2D eigenvalue weighted by Gasteiger charge is 2.27. The van der Waals surface area contributed by atoms with Crippen molar-refractivity contribution < 1.29 is 9.47 Å². The van der Waals surface area contributed by atoms with Crippen molar-refractivity contribution in [3.05, 3.63) is 61.2 Å². The summed E-state index contributed by atoms with van der Waals surface area (Å²) in [5.74, 6) is -0.746. The number of ether oxygens (including phenoxy) is 2. The Bertz CT molecular complexity index is 318. The van der Waals surface area contributed by atoms with Crippen LogP contribution in [-0.4, -0.2) is 13.2 Å². The standard InChI is InChI=1S/C14H18O2/c1-4-11-15-14(3,16-12-5-2)13-9-7-6-8-10-13/h4-10H,1-2,11-12H2,3H3. The van der Waals surface area contributed by atoms with Gasteiger partial charge in [0.25, 0.3) is 0 Å². The van der Waals surface area contributed by atoms with E-state index < -0.39 is 5.79 Å². The Morgan fingerprint density at radius 2 is 1.56 bits per heavy atom. The fraction of sp³-hybridized carbons (Fsp3) is 0.286. The predicted octanol–water partition coefficient (Wildman–Crippen LogP) is 3.26. The van der Waals surface area contributed by atoms with Gasteiger partial charge < -0.3 is 9.47 Å². The molecule has 0 unspecified atom stereocenters. The Kier molecular flexibility index (Phi) is 4.96. The lowest BCUT2D eigenvalue weighted by atomic mass is 10.1. The highest BCUT2D eigenvalue weighted by Crippen LogP contribution is 2.26. The first-order chi connectivity index (χ1) is 7.73. The Morgan fingerprint density at radius 1 is 1.06 bits per heavy atom. The lowest BCUT2D eigenvalue weighted by Crippen LogP contribution is -2.29. The smallest absolute Gasteiger partial charge is 0.192 e. The molecule has 16 heavy (non-hydrogen) atoms. The molecule has 0 atom stereocenters. The maximum absolute atomic E-state index is 5.68. The van der Waals surface area contributed by atoms with Gasteiger partial charge in [0, 0.05) is 5.56 Å². The van der Waals surface area contributed by atoms with Gasteiger partial charge >= 0.3 is 0 Å². The largest absolute Gasteiger partial charge is 0.342 e. The molecule has 0 spiro atoms. The first-order valence-corrected chi connectivity index (χ1v) is 5.28. The summed E-state index contributed by atoms with van der Waals surface area (Å²) < 4.78 is 11.4. The SMILES string of the molecule is C=CCOC(C)(OCC=C)c1ccccc1. The van der Waals surface area contributed by atoms with Gasteiger partial charge in [0.15, 0.2) is 5.79 Å². The van der Waals surface area contributed by atoms with Crippen molar-refractivity contribution in [3.8, 4) is 0 Å². The Hall–Kier alpha value is -1.38. The summed E-state index contributed by atoms with van der Waals surface area (Å²) in [5.41, 5.74) is 0.985. The zero-order valence-electron chi connectivity index (χ0n) is 9.69. The van der Waals surface area contributed by atoms with Crippen LogP contribution in [0.1, 0.15) is 12.5 Å². The molecule has 86 valence electrons. The average Bonchev–Trinajstić information content (AvgIpc) is 2.35. The normalized spacial score (nSPS) is 11.1. The number of rotatable bonds is 7. The molecule has 2 nitrogen and oxygen atoms in total. The molecular formula is C14H18O2. The fourth-order valence-electron chi connectivity index (χ4n) is 1.39. The lowest BCUT2D eigenvalue weighted by Gasteiger charge is -2.29. The first kappa shape index (κ1) is 12.7. The van der Waals surface area contributed by atoms with Gasteiger partial charge in [-0.2, -0.15) is 0 Å². The summed E-state index contributed by atoms with van der Waals surface area (Å²) >= 11 is 0. The van der Waals surface area contributed by atoms with E-state index >= 15 is 0 Å². The Morgan fingerprint density at radius 3 is 2.00 bits per heavy atom. The van der Waals surface area contributed by atoms with Crippen LogP contribution in [0.5, 0.6) is 0 Å². The van der Waals surface area contributed by atoms with Crippen molar-refractivity contribution >= 4 is 0 Å². The minimum Gasteiger partial charge on any atom is -0.342 e. The summed E-state index contributed by atoms with van der Waals surface area (Å²) in [4.78, 5) is 0. The van der Waals surface area contributed by atoms with E-state index in [2.05, 4.69) is 13.2 Å². The van der Waals surface area contributed by atoms with Crippen LogP contribution in [-0.2, 0) is 15.3 Å². The molecule has 0 radical (unpaired) electrons. The van der Waals surface area contributed by atoms with Crippen LogP contribution in [0, 0.1) is 0 Å². The molecule has 1 aromatic carbocycles. The van der Waals surface area contributed by atoms with Crippen molar-refractivity contribution in [2.24, 2.45) is 0 Å². The summed E-state index contributed by atoms with van der Waals surface area (Å²) in [5, 5.41) is 0. The van der Waals surface area contributed by atoms with Gasteiger partial charge in [-0.25, -0.2) is 0 Å². The predicted molar refractivity (Wildman–Crippen MR) is 66.1 cm³/mol. The number of hydrogen-bond donors (Lipinski definition) is 0. The summed E-state index contributed by atoms with van der Waals surface area (Å²) in [6.45, 7) is 10.1. The highest BCUT2D eigenvalue weighted by atomic mass is 16.7. The molecule has 2 heteroatoms. The van der Waals surface area contributed by atoms with E-state index in [1.165, 1.54) is 0 Å². The second-order valence-corrected chi connectivity index (χ2v) is 3.51. The van der Waals surface area contributed by atoms with Gasteiger partial charge in [0.05, 0.1) is 13.2 Å². The van der Waals surface area contributed by atoms with Crippen molar-refractivity contribution in [2.75, 3.05) is 13.2 Å². The molecule has 0 heterocycles. The number of hydrogen-bond acceptors (Lipinski definition) is 2. The summed E-state index contributed by atoms with van der Waals surface area (Å²) in [6, 6.07) is 9.84. The quantitative estimate of drug-likeness (QED) is 0.516. The van der Waals surface area contributed by atoms with E-state index in [9.17, 15) is 0 Å². The second-order valence-electron chi connectivity index (χ2n) is 3.51. The molecule has 0 saturated heterocycles. The van der Waals surface area contributed by atoms with Crippen LogP contribution in [0.2, 0.25) is 0 Å². The molecular weight excluding hydrogens is 200 g/mol. The van der Waals surface area contributed by atoms with E-state index in [-0.39, 0.29) is 0 Å². The van der Waals surface area contributed by atoms with Gasteiger partial charge in [0.1, 0.15) is 0 Å². The van der Waals surface area contributed by atoms with Crippen LogP contribution < -0.4 is 0 Å². The van der Waals surface area contributed by atoms with Crippen molar-refractivity contribution in [1.29, 1.82) is 0 Å². The Balaban J connectivity index is 2.84. The van der Waals surface area contributed by atoms with E-state index in [0.717, 1.165) is 5.56 Å². The van der Waals surface area contributed by atoms with Gasteiger partial charge in [-0.05, 0) is 6.92 Å². The monoisotopic (exact) mass is 218 g/mol. The Labute approximate surface area is 97.2 Å². The molecule has 0 aromatic heterocycles. The van der Waals surface area contributed by atoms with Gasteiger partial charge in [0.2, 0.25) is 0 Å². The third-order valence-corrected chi connectivity index (χ3v) is 2.25. The minimum absolute atomic E-state index is 0.447. The van der Waals surface area contributed by atoms with Crippen molar-refractivity contribution in [3.63, 3.8) is 0 Å². The highest BCUT2D eigenvalue weighted by molar-refractivity contribution is 5.19. The average molecular weight is 218 g/mol. The van der Waals surface area contributed by atoms with Gasteiger partial charge in [-0.3, -0.25) is 0 Å². The molecule has 0 fully saturated rings. The van der Waals surface area contributed by atoms with Crippen LogP contribution >= 0.6 is 0 Å². The van der Waals surface area contributed by atoms with Crippen LogP contribution in [0.15, 0.2) is 55.6 Å². The first-order valence-electron chi connectivity index (χ1n) is 5.28. The van der Waals surface area contributed by atoms with Gasteiger partial charge in [-0.15, -0.1) is 13.2 Å². The zero-order chi connectivity index (χ0) is 11.9. The molecule has 0 aliphatic heterocycles. The minimum atomic E-state index is -0.746. The summed E-state index contributed by atoms with van der Waals surface area (Å²) in [7, 11) is 0. The molecule has 0 N–H and O–H groups in total. The molecule has 1 rings (SSSR count). The molecule has 1 aromatic rings. The second kappa shape index (κ2) is 6.26. The van der Waals surface area contributed by atoms with Crippen LogP contribution in [0.4, 0.5) is 0 Å². The molecule has 0 aliphatic carbocycles. The lowest BCUT2D eigenvalue weighted by molar-refractivity contribution is -0.222. The van der Waals surface area contributed by atoms with Crippen molar-refractivity contribution in [2.45, 2.75) is 12.7 Å². The van der Waals surface area contributed by atoms with E-state index in [1.807, 2.05) is 37.3 Å². The molecule has 0 aliphatic rings. The third-order valence-electron chi connectivity index (χ3n) is 2.25. The van der Waals surface area contributed by atoms with Crippen molar-refractivity contribution in [1.82, 2.24) is 0 Å². The van der Waals surface area contributed by atoms with E-state index in [1.54, 1.807) is 12.2 Å². The van der Waals surface area contributed by atoms with E-state index in [0.29, 0.717) is 13.2 Å². The fourth-order valence-corrected chi connectivity index (χ4v) is 1.39. The number of benzene rings is 1. The summed E-state index contributed by atoms with van der Waals surface area (Å²) in [6.07, 6.45) is 3.41. The third kappa shape index (κ3) is 3.33. The molecule has 0 bridgehead atoms. The molecule has 0 amide bonds. The van der Waals surface area contributed by atoms with Gasteiger partial charge in [-0.1, -0.05) is 42.5 Å². The van der Waals surface area contributed by atoms with E-state index in [4.69, 9.17) is 9.47 Å². The topological polar surface area (TPSA) is 18.5 Å². The maximum atomic E-state index is 5.68.